The molecule has 0 spiro atoms. The number of aryl methyl sites for hydroxylation is 1. The summed E-state index contributed by atoms with van der Waals surface area (Å²) in [5.41, 5.74) is 9.44. The Morgan fingerprint density at radius 1 is 1.43 bits per heavy atom. The van der Waals surface area contributed by atoms with E-state index in [-0.39, 0.29) is 6.04 Å². The van der Waals surface area contributed by atoms with Crippen molar-refractivity contribution in [3.05, 3.63) is 47.7 Å². The number of nitrogens with two attached hydrogens (primary N) is 1. The quantitative estimate of drug-likeness (QED) is 0.913. The van der Waals surface area contributed by atoms with Crippen molar-refractivity contribution in [2.75, 3.05) is 0 Å². The van der Waals surface area contributed by atoms with Crippen LogP contribution in [0.4, 0.5) is 0 Å². The van der Waals surface area contributed by atoms with E-state index in [9.17, 15) is 0 Å². The van der Waals surface area contributed by atoms with Crippen molar-refractivity contribution in [2.45, 2.75) is 58.5 Å². The molecule has 2 aromatic rings. The van der Waals surface area contributed by atoms with Crippen LogP contribution in [0.1, 0.15) is 62.7 Å². The van der Waals surface area contributed by atoms with Gasteiger partial charge in [0.05, 0.1) is 6.26 Å². The molecule has 0 amide bonds. The summed E-state index contributed by atoms with van der Waals surface area (Å²) in [6.07, 6.45) is 8.23. The fourth-order valence-electron chi connectivity index (χ4n) is 3.62. The molecule has 0 aliphatic heterocycles. The van der Waals surface area contributed by atoms with Gasteiger partial charge < -0.3 is 14.7 Å². The topological polar surface area (TPSA) is 44.1 Å². The highest BCUT2D eigenvalue weighted by Gasteiger charge is 2.32. The molecule has 2 heterocycles. The minimum Gasteiger partial charge on any atom is -0.469 e. The predicted octanol–water partition coefficient (Wildman–Crippen LogP) is 4.25. The van der Waals surface area contributed by atoms with Crippen molar-refractivity contribution in [1.29, 1.82) is 0 Å². The Morgan fingerprint density at radius 2 is 2.24 bits per heavy atom. The normalized spacial score (nSPS) is 22.0. The molecular formula is C18H26N2O. The van der Waals surface area contributed by atoms with Crippen LogP contribution in [0.5, 0.6) is 0 Å². The Bertz CT molecular complexity index is 595. The molecule has 2 aromatic heterocycles. The van der Waals surface area contributed by atoms with E-state index in [0.29, 0.717) is 11.5 Å². The third-order valence-electron chi connectivity index (χ3n) is 4.74. The molecule has 0 saturated heterocycles. The van der Waals surface area contributed by atoms with Gasteiger partial charge in [0.15, 0.2) is 0 Å². The third kappa shape index (κ3) is 2.93. The predicted molar refractivity (Wildman–Crippen MR) is 85.2 cm³/mol. The fraction of sp³-hybridized carbons (Fsp3) is 0.556. The Balaban J connectivity index is 1.77. The number of hydrogen-bond acceptors (Lipinski definition) is 2. The SMILES string of the molecule is CC(CCc1ccco1)n1ccc2c1CC(C)(C)CC2N. The first-order valence-electron chi connectivity index (χ1n) is 7.94. The highest BCUT2D eigenvalue weighted by atomic mass is 16.3. The molecule has 21 heavy (non-hydrogen) atoms. The summed E-state index contributed by atoms with van der Waals surface area (Å²) in [6, 6.07) is 6.89. The van der Waals surface area contributed by atoms with Gasteiger partial charge in [-0.15, -0.1) is 0 Å². The number of nitrogens with zero attached hydrogens (tertiary/aromatic N) is 1. The van der Waals surface area contributed by atoms with E-state index >= 15 is 0 Å². The minimum absolute atomic E-state index is 0.183. The van der Waals surface area contributed by atoms with Crippen LogP contribution in [-0.4, -0.2) is 4.57 Å². The van der Waals surface area contributed by atoms with Crippen molar-refractivity contribution >= 4 is 0 Å². The summed E-state index contributed by atoms with van der Waals surface area (Å²) in [6.45, 7) is 6.93. The second-order valence-corrected chi connectivity index (χ2v) is 7.24. The summed E-state index contributed by atoms with van der Waals surface area (Å²) >= 11 is 0. The molecule has 1 aliphatic carbocycles. The smallest absolute Gasteiger partial charge is 0.103 e. The number of rotatable bonds is 4. The molecule has 2 unspecified atom stereocenters. The van der Waals surface area contributed by atoms with E-state index in [2.05, 4.69) is 43.7 Å². The second kappa shape index (κ2) is 5.38. The van der Waals surface area contributed by atoms with E-state index in [0.717, 1.165) is 31.4 Å². The molecule has 0 aromatic carbocycles. The van der Waals surface area contributed by atoms with Crippen LogP contribution in [0.2, 0.25) is 0 Å². The van der Waals surface area contributed by atoms with Crippen LogP contribution < -0.4 is 5.73 Å². The first kappa shape index (κ1) is 14.5. The lowest BCUT2D eigenvalue weighted by atomic mass is 9.74. The largest absolute Gasteiger partial charge is 0.469 e. The summed E-state index contributed by atoms with van der Waals surface area (Å²) in [5, 5.41) is 0. The van der Waals surface area contributed by atoms with Crippen LogP contribution in [0, 0.1) is 5.41 Å². The van der Waals surface area contributed by atoms with Gasteiger partial charge >= 0.3 is 0 Å². The molecule has 1 aliphatic rings. The van der Waals surface area contributed by atoms with Gasteiger partial charge in [-0.2, -0.15) is 0 Å². The molecule has 2 N–H and O–H groups in total. The van der Waals surface area contributed by atoms with Gasteiger partial charge in [0.1, 0.15) is 5.76 Å². The summed E-state index contributed by atoms with van der Waals surface area (Å²) in [5.74, 6) is 1.07. The van der Waals surface area contributed by atoms with E-state index < -0.39 is 0 Å². The van der Waals surface area contributed by atoms with Crippen LogP contribution in [0.3, 0.4) is 0 Å². The summed E-state index contributed by atoms with van der Waals surface area (Å²) in [7, 11) is 0. The monoisotopic (exact) mass is 286 g/mol. The van der Waals surface area contributed by atoms with E-state index in [1.165, 1.54) is 11.3 Å². The van der Waals surface area contributed by atoms with Gasteiger partial charge in [0.25, 0.3) is 0 Å². The molecule has 2 atom stereocenters. The van der Waals surface area contributed by atoms with Crippen molar-refractivity contribution in [3.63, 3.8) is 0 Å². The Hall–Kier alpha value is -1.48. The molecule has 0 fully saturated rings. The molecular weight excluding hydrogens is 260 g/mol. The minimum atomic E-state index is 0.183. The molecule has 3 heteroatoms. The number of aromatic nitrogens is 1. The molecule has 0 radical (unpaired) electrons. The van der Waals surface area contributed by atoms with Crippen molar-refractivity contribution in [2.24, 2.45) is 11.1 Å². The van der Waals surface area contributed by atoms with Gasteiger partial charge in [-0.3, -0.25) is 0 Å². The van der Waals surface area contributed by atoms with Gasteiger partial charge in [-0.1, -0.05) is 13.8 Å². The van der Waals surface area contributed by atoms with E-state index in [4.69, 9.17) is 10.2 Å². The highest BCUT2D eigenvalue weighted by molar-refractivity contribution is 5.30. The fourth-order valence-corrected chi connectivity index (χ4v) is 3.62. The zero-order chi connectivity index (χ0) is 15.0. The highest BCUT2D eigenvalue weighted by Crippen LogP contribution is 2.41. The van der Waals surface area contributed by atoms with Crippen LogP contribution in [0.25, 0.3) is 0 Å². The molecule has 0 bridgehead atoms. The van der Waals surface area contributed by atoms with E-state index in [1.54, 1.807) is 6.26 Å². The van der Waals surface area contributed by atoms with E-state index in [1.807, 2.05) is 6.07 Å². The molecule has 114 valence electrons. The van der Waals surface area contributed by atoms with Crippen LogP contribution >= 0.6 is 0 Å². The third-order valence-corrected chi connectivity index (χ3v) is 4.74. The average molecular weight is 286 g/mol. The first-order valence-corrected chi connectivity index (χ1v) is 7.94. The van der Waals surface area contributed by atoms with Crippen molar-refractivity contribution in [3.8, 4) is 0 Å². The second-order valence-electron chi connectivity index (χ2n) is 7.24. The lowest BCUT2D eigenvalue weighted by Crippen LogP contribution is -2.30. The maximum atomic E-state index is 6.36. The number of furan rings is 1. The Labute approximate surface area is 127 Å². The maximum Gasteiger partial charge on any atom is 0.103 e. The number of hydrogen-bond donors (Lipinski definition) is 1. The molecule has 3 nitrogen and oxygen atoms in total. The molecule has 0 saturated carbocycles. The van der Waals surface area contributed by atoms with Gasteiger partial charge in [-0.05, 0) is 55.4 Å². The first-order chi connectivity index (χ1) is 9.96. The summed E-state index contributed by atoms with van der Waals surface area (Å²) < 4.78 is 7.86. The Morgan fingerprint density at radius 3 is 2.95 bits per heavy atom. The zero-order valence-corrected chi connectivity index (χ0v) is 13.3. The van der Waals surface area contributed by atoms with Crippen LogP contribution in [-0.2, 0) is 12.8 Å². The van der Waals surface area contributed by atoms with Crippen molar-refractivity contribution < 1.29 is 4.42 Å². The molecule has 3 rings (SSSR count). The number of fused-ring (bicyclic) bond motifs is 1. The van der Waals surface area contributed by atoms with Crippen LogP contribution in [0.15, 0.2) is 35.1 Å². The standard InChI is InChI=1S/C18H26N2O/c1-13(6-7-14-5-4-10-21-14)20-9-8-15-16(19)11-18(2,3)12-17(15)20/h4-5,8-10,13,16H,6-7,11-12,19H2,1-3H3. The average Bonchev–Trinajstić information content (AvgIpc) is 3.03. The van der Waals surface area contributed by atoms with Gasteiger partial charge in [0, 0.05) is 30.4 Å². The lowest BCUT2D eigenvalue weighted by Gasteiger charge is -2.35. The Kier molecular flexibility index (Phi) is 3.70. The van der Waals surface area contributed by atoms with Gasteiger partial charge in [-0.25, -0.2) is 0 Å². The summed E-state index contributed by atoms with van der Waals surface area (Å²) in [4.78, 5) is 0. The maximum absolute atomic E-state index is 6.36. The lowest BCUT2D eigenvalue weighted by molar-refractivity contribution is 0.271. The van der Waals surface area contributed by atoms with Crippen molar-refractivity contribution in [1.82, 2.24) is 4.57 Å². The van der Waals surface area contributed by atoms with Gasteiger partial charge in [0.2, 0.25) is 0 Å². The zero-order valence-electron chi connectivity index (χ0n) is 13.3.